The number of morpholine rings is 1. The van der Waals surface area contributed by atoms with E-state index in [0.29, 0.717) is 68.8 Å². The summed E-state index contributed by atoms with van der Waals surface area (Å²) in [5.41, 5.74) is 2.80. The van der Waals surface area contributed by atoms with E-state index in [0.717, 1.165) is 55.5 Å². The number of likely N-dealkylation sites (tertiary alicyclic amines) is 1. The topological polar surface area (TPSA) is 112 Å². The molecule has 3 saturated heterocycles. The van der Waals surface area contributed by atoms with Gasteiger partial charge >= 0.3 is 0 Å². The number of benzene rings is 2. The van der Waals surface area contributed by atoms with Gasteiger partial charge < -0.3 is 19.3 Å². The summed E-state index contributed by atoms with van der Waals surface area (Å²) in [6.45, 7) is 10.9. The van der Waals surface area contributed by atoms with Gasteiger partial charge in [0.15, 0.2) is 0 Å². The van der Waals surface area contributed by atoms with Gasteiger partial charge in [0.05, 0.1) is 35.2 Å². The first-order valence-electron chi connectivity index (χ1n) is 19.4. The summed E-state index contributed by atoms with van der Waals surface area (Å²) in [6.07, 6.45) is 5.33. The minimum atomic E-state index is -4.14. The Balaban J connectivity index is 1.31. The molecule has 0 aliphatic carbocycles. The van der Waals surface area contributed by atoms with Gasteiger partial charge in [-0.2, -0.15) is 0 Å². The quantitative estimate of drug-likeness (QED) is 0.450. The number of nitrogens with one attached hydrogen (secondary N) is 1. The molecule has 7 bridgehead atoms. The van der Waals surface area contributed by atoms with Crippen molar-refractivity contribution in [2.75, 3.05) is 63.9 Å². The SMILES string of the molecule is C[C@@H]1[C@@H](C)C/C=C(\F)[C@H](C(=O)N2CC(C)(N3CCOCC3)C2)N2CCC[C@@]23CN2CCCCc4cc(Cl)cc3c4COc3ccc(cc32)C(=O)NS1(=O)=O. The molecule has 3 fully saturated rings. The molecule has 6 heterocycles. The highest BCUT2D eigenvalue weighted by molar-refractivity contribution is 7.90. The highest BCUT2D eigenvalue weighted by Crippen LogP contribution is 2.49. The Bertz CT molecular complexity index is 1970. The van der Waals surface area contributed by atoms with E-state index in [-0.39, 0.29) is 30.0 Å². The van der Waals surface area contributed by atoms with Gasteiger partial charge in [-0.1, -0.05) is 24.6 Å². The predicted octanol–water partition coefficient (Wildman–Crippen LogP) is 5.01. The van der Waals surface area contributed by atoms with Crippen LogP contribution in [0.4, 0.5) is 10.1 Å². The highest BCUT2D eigenvalue weighted by Gasteiger charge is 2.55. The Labute approximate surface area is 322 Å². The zero-order valence-corrected chi connectivity index (χ0v) is 33.0. The number of nitrogens with zero attached hydrogens (tertiary/aromatic N) is 4. The van der Waals surface area contributed by atoms with Gasteiger partial charge in [0.25, 0.3) is 5.91 Å². The molecule has 2 aromatic carbocycles. The van der Waals surface area contributed by atoms with E-state index < -0.39 is 44.5 Å². The van der Waals surface area contributed by atoms with Crippen LogP contribution in [0.3, 0.4) is 0 Å². The number of rotatable bonds is 2. The molecule has 0 aromatic heterocycles. The molecule has 2 aromatic rings. The van der Waals surface area contributed by atoms with E-state index in [9.17, 15) is 13.2 Å². The van der Waals surface area contributed by atoms with Crippen LogP contribution in [0.5, 0.6) is 5.75 Å². The lowest BCUT2D eigenvalue weighted by Crippen LogP contribution is -2.73. The van der Waals surface area contributed by atoms with E-state index in [2.05, 4.69) is 26.3 Å². The fourth-order valence-electron chi connectivity index (χ4n) is 9.72. The summed E-state index contributed by atoms with van der Waals surface area (Å²) in [6, 6.07) is 7.82. The number of carbonyl (C=O) groups is 2. The third kappa shape index (κ3) is 6.61. The van der Waals surface area contributed by atoms with Crippen LogP contribution in [0.25, 0.3) is 0 Å². The lowest BCUT2D eigenvalue weighted by molar-refractivity contribution is -0.155. The number of hydrogen-bond donors (Lipinski definition) is 1. The Morgan fingerprint density at radius 1 is 1.02 bits per heavy atom. The molecule has 1 N–H and O–H groups in total. The average molecular weight is 784 g/mol. The summed E-state index contributed by atoms with van der Waals surface area (Å²) in [4.78, 5) is 37.1. The standard InChI is InChI=1S/C40H51ClFN5O6S/c1-26-8-10-33(42)36(38(49)45-23-39(3,24-45)46-15-17-52-18-16-46)47-14-6-12-40(47)25-44-13-5-4-7-28-19-30(41)21-32(40)31(28)22-53-35-11-9-29(20-34(35)44)37(48)43-54(50,51)27(26)2/h9-11,19-21,26-27,36H,4-8,12-18,22-25H2,1-3H3,(H,43,48)/b33-10-/t26-,27+,36+,40-/m0/s1. The van der Waals surface area contributed by atoms with Crippen molar-refractivity contribution in [2.45, 2.75) is 88.3 Å². The van der Waals surface area contributed by atoms with Gasteiger partial charge in [-0.15, -0.1) is 0 Å². The summed E-state index contributed by atoms with van der Waals surface area (Å²) in [5, 5.41) is -0.430. The predicted molar refractivity (Wildman–Crippen MR) is 205 cm³/mol. The summed E-state index contributed by atoms with van der Waals surface area (Å²) in [7, 11) is -4.14. The Kier molecular flexibility index (Phi) is 10.0. The third-order valence-electron chi connectivity index (χ3n) is 13.0. The Hall–Kier alpha value is -3.23. The van der Waals surface area contributed by atoms with E-state index in [1.54, 1.807) is 30.0 Å². The molecule has 0 saturated carbocycles. The molecule has 6 aliphatic heterocycles. The molecular weight excluding hydrogens is 733 g/mol. The zero-order chi connectivity index (χ0) is 38.0. The maximum Gasteiger partial charge on any atom is 0.264 e. The molecule has 8 rings (SSSR count). The number of sulfonamides is 1. The number of hydrogen-bond acceptors (Lipinski definition) is 9. The van der Waals surface area contributed by atoms with Crippen LogP contribution in [-0.2, 0) is 38.1 Å². The molecule has 0 unspecified atom stereocenters. The first kappa shape index (κ1) is 37.7. The van der Waals surface area contributed by atoms with Crippen LogP contribution >= 0.6 is 11.6 Å². The molecule has 2 amide bonds. The van der Waals surface area contributed by atoms with Gasteiger partial charge in [0.2, 0.25) is 15.9 Å². The van der Waals surface area contributed by atoms with Crippen molar-refractivity contribution < 1.29 is 31.9 Å². The first-order chi connectivity index (χ1) is 25.8. The highest BCUT2D eigenvalue weighted by atomic mass is 35.5. The van der Waals surface area contributed by atoms with Crippen molar-refractivity contribution in [1.29, 1.82) is 0 Å². The van der Waals surface area contributed by atoms with Gasteiger partial charge in [-0.05, 0) is 105 Å². The molecule has 54 heavy (non-hydrogen) atoms. The largest absolute Gasteiger partial charge is 0.487 e. The lowest BCUT2D eigenvalue weighted by Gasteiger charge is -2.56. The van der Waals surface area contributed by atoms with Gasteiger partial charge in [0, 0.05) is 56.4 Å². The van der Waals surface area contributed by atoms with Crippen molar-refractivity contribution in [3.05, 3.63) is 69.5 Å². The summed E-state index contributed by atoms with van der Waals surface area (Å²) in [5.74, 6) is -1.61. The van der Waals surface area contributed by atoms with Gasteiger partial charge in [0.1, 0.15) is 24.2 Å². The first-order valence-corrected chi connectivity index (χ1v) is 21.4. The fraction of sp³-hybridized carbons (Fsp3) is 0.600. The molecule has 11 nitrogen and oxygen atoms in total. The second-order valence-electron chi connectivity index (χ2n) is 16.4. The minimum Gasteiger partial charge on any atom is -0.487 e. The van der Waals surface area contributed by atoms with Crippen LogP contribution in [0.2, 0.25) is 5.02 Å². The van der Waals surface area contributed by atoms with E-state index in [1.807, 2.05) is 12.1 Å². The van der Waals surface area contributed by atoms with E-state index in [1.165, 1.54) is 13.0 Å². The van der Waals surface area contributed by atoms with E-state index in [4.69, 9.17) is 21.1 Å². The number of halogens is 2. The fourth-order valence-corrected chi connectivity index (χ4v) is 11.2. The number of aryl methyl sites for hydroxylation is 1. The van der Waals surface area contributed by atoms with Gasteiger partial charge in [-0.25, -0.2) is 17.5 Å². The molecular formula is C40H51ClFN5O6S. The van der Waals surface area contributed by atoms with Gasteiger partial charge in [-0.3, -0.25) is 19.4 Å². The number of anilines is 1. The Morgan fingerprint density at radius 3 is 2.57 bits per heavy atom. The van der Waals surface area contributed by atoms with Crippen molar-refractivity contribution >= 4 is 39.1 Å². The zero-order valence-electron chi connectivity index (χ0n) is 31.4. The van der Waals surface area contributed by atoms with Crippen molar-refractivity contribution in [2.24, 2.45) is 5.92 Å². The normalized spacial score (nSPS) is 31.0. The van der Waals surface area contributed by atoms with Crippen LogP contribution in [0, 0.1) is 5.92 Å². The number of fused-ring (bicyclic) bond motifs is 1. The third-order valence-corrected chi connectivity index (χ3v) is 15.2. The van der Waals surface area contributed by atoms with Crippen LogP contribution in [0.1, 0.15) is 79.9 Å². The van der Waals surface area contributed by atoms with Crippen molar-refractivity contribution in [3.63, 3.8) is 0 Å². The second-order valence-corrected chi connectivity index (χ2v) is 18.9. The van der Waals surface area contributed by atoms with Crippen LogP contribution in [0.15, 0.2) is 42.2 Å². The molecule has 0 radical (unpaired) electrons. The molecule has 4 atom stereocenters. The smallest absolute Gasteiger partial charge is 0.264 e. The Morgan fingerprint density at radius 2 is 1.80 bits per heavy atom. The number of ether oxygens (including phenoxy) is 2. The minimum absolute atomic E-state index is 0.0591. The summed E-state index contributed by atoms with van der Waals surface area (Å²) < 4.78 is 59.0. The van der Waals surface area contributed by atoms with Crippen molar-refractivity contribution in [1.82, 2.24) is 19.4 Å². The molecule has 292 valence electrons. The van der Waals surface area contributed by atoms with E-state index >= 15 is 9.18 Å². The average Bonchev–Trinajstić information content (AvgIpc) is 3.56. The number of allylic oxidation sites excluding steroid dienone is 1. The molecule has 1 spiro atoms. The lowest BCUT2D eigenvalue weighted by atomic mass is 9.79. The second kappa shape index (κ2) is 14.4. The molecule has 6 aliphatic rings. The number of amides is 2. The maximum atomic E-state index is 17.4. The number of carbonyl (C=O) groups excluding carboxylic acids is 2. The van der Waals surface area contributed by atoms with Crippen molar-refractivity contribution in [3.8, 4) is 5.75 Å². The summed E-state index contributed by atoms with van der Waals surface area (Å²) >= 11 is 6.96. The molecule has 14 heteroatoms. The maximum absolute atomic E-state index is 17.4. The van der Waals surface area contributed by atoms with Crippen LogP contribution in [-0.4, -0.2) is 111 Å². The monoisotopic (exact) mass is 783 g/mol. The van der Waals surface area contributed by atoms with Crippen LogP contribution < -0.4 is 14.4 Å².